The van der Waals surface area contributed by atoms with Crippen LogP contribution in [-0.4, -0.2) is 11.1 Å². The third-order valence-corrected chi connectivity index (χ3v) is 3.25. The molecule has 0 fully saturated rings. The molecular formula is C15H14BrNO2. The zero-order chi connectivity index (χ0) is 13.8. The molecule has 0 amide bonds. The summed E-state index contributed by atoms with van der Waals surface area (Å²) < 4.78 is 1.01. The average Bonchev–Trinajstić information content (AvgIpc) is 2.34. The molecule has 2 aromatic carbocycles. The lowest BCUT2D eigenvalue weighted by Gasteiger charge is -2.12. The second-order valence-corrected chi connectivity index (χ2v) is 5.28. The van der Waals surface area contributed by atoms with E-state index in [9.17, 15) is 4.79 Å². The van der Waals surface area contributed by atoms with E-state index in [0.29, 0.717) is 0 Å². The highest BCUT2D eigenvalue weighted by Crippen LogP contribution is 2.24. The van der Waals surface area contributed by atoms with E-state index in [1.54, 1.807) is 0 Å². The van der Waals surface area contributed by atoms with Gasteiger partial charge in [0.1, 0.15) is 0 Å². The number of benzene rings is 2. The van der Waals surface area contributed by atoms with E-state index in [0.717, 1.165) is 27.0 Å². The largest absolute Gasteiger partial charge is 0.481 e. The van der Waals surface area contributed by atoms with E-state index in [-0.39, 0.29) is 6.42 Å². The minimum absolute atomic E-state index is 0.0144. The Morgan fingerprint density at radius 3 is 2.53 bits per heavy atom. The van der Waals surface area contributed by atoms with Crippen LogP contribution in [0.1, 0.15) is 11.1 Å². The molecule has 0 spiro atoms. The van der Waals surface area contributed by atoms with Crippen LogP contribution in [0.4, 0.5) is 11.4 Å². The van der Waals surface area contributed by atoms with Crippen LogP contribution in [0.25, 0.3) is 0 Å². The molecule has 0 aromatic heterocycles. The van der Waals surface area contributed by atoms with Gasteiger partial charge in [0.2, 0.25) is 0 Å². The van der Waals surface area contributed by atoms with E-state index in [1.165, 1.54) is 0 Å². The van der Waals surface area contributed by atoms with Crippen molar-refractivity contribution < 1.29 is 9.90 Å². The molecule has 4 heteroatoms. The molecule has 0 aliphatic rings. The van der Waals surface area contributed by atoms with Crippen molar-refractivity contribution in [1.82, 2.24) is 0 Å². The van der Waals surface area contributed by atoms with Crippen LogP contribution in [0.5, 0.6) is 0 Å². The van der Waals surface area contributed by atoms with Gasteiger partial charge in [0.15, 0.2) is 0 Å². The molecule has 0 atom stereocenters. The van der Waals surface area contributed by atoms with E-state index in [2.05, 4.69) is 21.2 Å². The summed E-state index contributed by atoms with van der Waals surface area (Å²) in [5.41, 5.74) is 3.60. The standard InChI is InChI=1S/C15H14BrNO2/c1-10-2-7-14(11(8-10)9-15(18)19)17-13-5-3-12(16)4-6-13/h2-8,17H,9H2,1H3,(H,18,19). The molecule has 0 aliphatic heterocycles. The van der Waals surface area contributed by atoms with Crippen LogP contribution in [0.3, 0.4) is 0 Å². The minimum atomic E-state index is -0.829. The molecule has 0 unspecified atom stereocenters. The zero-order valence-corrected chi connectivity index (χ0v) is 12.1. The monoisotopic (exact) mass is 319 g/mol. The Morgan fingerprint density at radius 1 is 1.21 bits per heavy atom. The quantitative estimate of drug-likeness (QED) is 0.890. The first-order chi connectivity index (χ1) is 9.04. The van der Waals surface area contributed by atoms with Gasteiger partial charge >= 0.3 is 5.97 Å². The molecule has 2 N–H and O–H groups in total. The lowest BCUT2D eigenvalue weighted by molar-refractivity contribution is -0.136. The fourth-order valence-corrected chi connectivity index (χ4v) is 2.11. The third kappa shape index (κ3) is 3.83. The molecule has 0 radical (unpaired) electrons. The predicted octanol–water partition coefficient (Wildman–Crippen LogP) is 4.13. The van der Waals surface area contributed by atoms with E-state index in [4.69, 9.17) is 5.11 Å². The normalized spacial score (nSPS) is 10.2. The Morgan fingerprint density at radius 2 is 1.89 bits per heavy atom. The van der Waals surface area contributed by atoms with Gasteiger partial charge in [-0.2, -0.15) is 0 Å². The maximum atomic E-state index is 10.9. The summed E-state index contributed by atoms with van der Waals surface area (Å²) in [7, 11) is 0. The SMILES string of the molecule is Cc1ccc(Nc2ccc(Br)cc2)c(CC(=O)O)c1. The summed E-state index contributed by atoms with van der Waals surface area (Å²) in [6.45, 7) is 1.95. The first-order valence-electron chi connectivity index (χ1n) is 5.88. The molecule has 19 heavy (non-hydrogen) atoms. The highest BCUT2D eigenvalue weighted by atomic mass is 79.9. The summed E-state index contributed by atoms with van der Waals surface area (Å²) >= 11 is 3.38. The smallest absolute Gasteiger partial charge is 0.307 e. The van der Waals surface area contributed by atoms with Gasteiger partial charge in [0.05, 0.1) is 6.42 Å². The predicted molar refractivity (Wildman–Crippen MR) is 79.9 cm³/mol. The Bertz CT molecular complexity index is 594. The van der Waals surface area contributed by atoms with Crippen LogP contribution < -0.4 is 5.32 Å². The van der Waals surface area contributed by atoms with Crippen molar-refractivity contribution in [2.24, 2.45) is 0 Å². The van der Waals surface area contributed by atoms with Gasteiger partial charge < -0.3 is 10.4 Å². The van der Waals surface area contributed by atoms with Crippen molar-refractivity contribution in [2.75, 3.05) is 5.32 Å². The Kier molecular flexibility index (Phi) is 4.22. The topological polar surface area (TPSA) is 49.3 Å². The second kappa shape index (κ2) is 5.89. The molecule has 2 aromatic rings. The van der Waals surface area contributed by atoms with Crippen molar-refractivity contribution in [3.63, 3.8) is 0 Å². The lowest BCUT2D eigenvalue weighted by Crippen LogP contribution is -2.04. The number of aryl methyl sites for hydroxylation is 1. The molecular weight excluding hydrogens is 306 g/mol. The first-order valence-corrected chi connectivity index (χ1v) is 6.68. The molecule has 0 heterocycles. The van der Waals surface area contributed by atoms with Gasteiger partial charge in [-0.25, -0.2) is 0 Å². The number of hydrogen-bond donors (Lipinski definition) is 2. The van der Waals surface area contributed by atoms with E-state index in [1.807, 2.05) is 49.4 Å². The van der Waals surface area contributed by atoms with Crippen molar-refractivity contribution in [3.8, 4) is 0 Å². The van der Waals surface area contributed by atoms with Crippen molar-refractivity contribution >= 4 is 33.3 Å². The fraction of sp³-hybridized carbons (Fsp3) is 0.133. The zero-order valence-electron chi connectivity index (χ0n) is 10.5. The number of nitrogens with one attached hydrogen (secondary N) is 1. The maximum absolute atomic E-state index is 10.9. The summed E-state index contributed by atoms with van der Waals surface area (Å²) in [6.07, 6.45) is 0.0144. The molecule has 98 valence electrons. The van der Waals surface area contributed by atoms with Gasteiger partial charge in [0, 0.05) is 15.8 Å². The number of carbonyl (C=O) groups is 1. The summed E-state index contributed by atoms with van der Waals surface area (Å²) in [4.78, 5) is 10.9. The van der Waals surface area contributed by atoms with Crippen LogP contribution in [0.2, 0.25) is 0 Å². The lowest BCUT2D eigenvalue weighted by atomic mass is 10.1. The van der Waals surface area contributed by atoms with Crippen molar-refractivity contribution in [2.45, 2.75) is 13.3 Å². The number of halogens is 1. The second-order valence-electron chi connectivity index (χ2n) is 4.36. The number of aliphatic carboxylic acids is 1. The molecule has 2 rings (SSSR count). The molecule has 0 bridgehead atoms. The number of carboxylic acid groups (broad SMARTS) is 1. The summed E-state index contributed by atoms with van der Waals surface area (Å²) in [5, 5.41) is 12.2. The third-order valence-electron chi connectivity index (χ3n) is 2.73. The summed E-state index contributed by atoms with van der Waals surface area (Å²) in [5.74, 6) is -0.829. The van der Waals surface area contributed by atoms with Crippen molar-refractivity contribution in [3.05, 3.63) is 58.1 Å². The Labute approximate surface area is 120 Å². The Hall–Kier alpha value is -1.81. The molecule has 0 saturated carbocycles. The fourth-order valence-electron chi connectivity index (χ4n) is 1.84. The van der Waals surface area contributed by atoms with Crippen molar-refractivity contribution in [1.29, 1.82) is 0 Å². The van der Waals surface area contributed by atoms with Crippen LogP contribution in [0, 0.1) is 6.92 Å². The molecule has 0 aliphatic carbocycles. The van der Waals surface area contributed by atoms with Gasteiger partial charge in [0.25, 0.3) is 0 Å². The number of hydrogen-bond acceptors (Lipinski definition) is 2. The minimum Gasteiger partial charge on any atom is -0.481 e. The highest BCUT2D eigenvalue weighted by molar-refractivity contribution is 9.10. The summed E-state index contributed by atoms with van der Waals surface area (Å²) in [6, 6.07) is 13.5. The van der Waals surface area contributed by atoms with E-state index >= 15 is 0 Å². The highest BCUT2D eigenvalue weighted by Gasteiger charge is 2.07. The van der Waals surface area contributed by atoms with Gasteiger partial charge in [-0.3, -0.25) is 4.79 Å². The number of carboxylic acids is 1. The number of anilines is 2. The number of rotatable bonds is 4. The molecule has 0 saturated heterocycles. The molecule has 3 nitrogen and oxygen atoms in total. The van der Waals surface area contributed by atoms with Gasteiger partial charge in [-0.05, 0) is 42.8 Å². The maximum Gasteiger partial charge on any atom is 0.307 e. The van der Waals surface area contributed by atoms with E-state index < -0.39 is 5.97 Å². The van der Waals surface area contributed by atoms with Crippen LogP contribution in [-0.2, 0) is 11.2 Å². The van der Waals surface area contributed by atoms with Crippen LogP contribution >= 0.6 is 15.9 Å². The first kappa shape index (κ1) is 13.6. The Balaban J connectivity index is 2.28. The van der Waals surface area contributed by atoms with Gasteiger partial charge in [-0.1, -0.05) is 33.6 Å². The average molecular weight is 320 g/mol. The van der Waals surface area contributed by atoms with Gasteiger partial charge in [-0.15, -0.1) is 0 Å². The van der Waals surface area contributed by atoms with Crippen LogP contribution in [0.15, 0.2) is 46.9 Å².